The zero-order chi connectivity index (χ0) is 12.4. The van der Waals surface area contributed by atoms with E-state index in [4.69, 9.17) is 10.2 Å². The van der Waals surface area contributed by atoms with Crippen molar-refractivity contribution in [2.24, 2.45) is 5.73 Å². The molecule has 0 spiro atoms. The second-order valence-corrected chi connectivity index (χ2v) is 4.80. The highest BCUT2D eigenvalue weighted by molar-refractivity contribution is 9.10. The summed E-state index contributed by atoms with van der Waals surface area (Å²) in [5.74, 6) is 0.457. The number of hydrogen-bond acceptors (Lipinski definition) is 2. The normalized spacial score (nSPS) is 12.7. The zero-order valence-corrected chi connectivity index (χ0v) is 11.0. The largest absolute Gasteiger partial charge is 0.453 e. The van der Waals surface area contributed by atoms with Gasteiger partial charge in [0, 0.05) is 0 Å². The van der Waals surface area contributed by atoms with Gasteiger partial charge in [-0.1, -0.05) is 6.07 Å². The van der Waals surface area contributed by atoms with Gasteiger partial charge < -0.3 is 10.2 Å². The second-order valence-electron chi connectivity index (χ2n) is 4.02. The van der Waals surface area contributed by atoms with E-state index >= 15 is 0 Å². The molecular formula is C13H13BrFNO. The van der Waals surface area contributed by atoms with Gasteiger partial charge in [-0.3, -0.25) is 0 Å². The molecule has 0 fully saturated rings. The highest BCUT2D eigenvalue weighted by Crippen LogP contribution is 2.23. The van der Waals surface area contributed by atoms with E-state index in [9.17, 15) is 4.39 Å². The molecule has 1 heterocycles. The van der Waals surface area contributed by atoms with Gasteiger partial charge in [-0.05, 0) is 64.7 Å². The van der Waals surface area contributed by atoms with Crippen LogP contribution >= 0.6 is 15.9 Å². The standard InChI is InChI=1S/C13H13BrFNO/c1-8-2-3-10(15)6-9(8)7-11(16)12-4-5-13(14)17-12/h2-6,11H,7,16H2,1H3. The van der Waals surface area contributed by atoms with Crippen LogP contribution in [0.2, 0.25) is 0 Å². The number of hydrogen-bond donors (Lipinski definition) is 1. The third-order valence-electron chi connectivity index (χ3n) is 2.71. The summed E-state index contributed by atoms with van der Waals surface area (Å²) >= 11 is 3.23. The lowest BCUT2D eigenvalue weighted by Gasteiger charge is -2.11. The predicted octanol–water partition coefficient (Wildman–Crippen LogP) is 3.73. The van der Waals surface area contributed by atoms with Crippen LogP contribution in [-0.2, 0) is 6.42 Å². The van der Waals surface area contributed by atoms with Crippen molar-refractivity contribution in [1.29, 1.82) is 0 Å². The molecule has 0 saturated carbocycles. The monoisotopic (exact) mass is 297 g/mol. The highest BCUT2D eigenvalue weighted by Gasteiger charge is 2.13. The molecule has 4 heteroatoms. The van der Waals surface area contributed by atoms with Gasteiger partial charge in [-0.25, -0.2) is 4.39 Å². The molecule has 2 nitrogen and oxygen atoms in total. The van der Waals surface area contributed by atoms with Gasteiger partial charge in [-0.2, -0.15) is 0 Å². The Bertz CT molecular complexity index is 524. The lowest BCUT2D eigenvalue weighted by molar-refractivity contribution is 0.447. The Morgan fingerprint density at radius 1 is 1.35 bits per heavy atom. The van der Waals surface area contributed by atoms with E-state index < -0.39 is 0 Å². The average molecular weight is 298 g/mol. The minimum absolute atomic E-state index is 0.238. The summed E-state index contributed by atoms with van der Waals surface area (Å²) < 4.78 is 19.2. The van der Waals surface area contributed by atoms with E-state index in [1.807, 2.05) is 13.0 Å². The molecule has 17 heavy (non-hydrogen) atoms. The zero-order valence-electron chi connectivity index (χ0n) is 9.41. The highest BCUT2D eigenvalue weighted by atomic mass is 79.9. The Labute approximate surface area is 108 Å². The summed E-state index contributed by atoms with van der Waals surface area (Å²) in [7, 11) is 0. The Balaban J connectivity index is 2.18. The van der Waals surface area contributed by atoms with Crippen LogP contribution in [-0.4, -0.2) is 0 Å². The molecule has 0 aliphatic heterocycles. The summed E-state index contributed by atoms with van der Waals surface area (Å²) in [5.41, 5.74) is 7.96. The molecule has 0 radical (unpaired) electrons. The summed E-state index contributed by atoms with van der Waals surface area (Å²) in [6.07, 6.45) is 0.559. The quantitative estimate of drug-likeness (QED) is 0.937. The Hall–Kier alpha value is -1.13. The topological polar surface area (TPSA) is 39.2 Å². The van der Waals surface area contributed by atoms with Crippen molar-refractivity contribution in [2.45, 2.75) is 19.4 Å². The van der Waals surface area contributed by atoms with Crippen molar-refractivity contribution < 1.29 is 8.81 Å². The third-order valence-corrected chi connectivity index (χ3v) is 3.14. The minimum atomic E-state index is -0.262. The van der Waals surface area contributed by atoms with Crippen LogP contribution in [0.1, 0.15) is 22.9 Å². The number of rotatable bonds is 3. The molecule has 90 valence electrons. The van der Waals surface area contributed by atoms with Crippen LogP contribution in [0.4, 0.5) is 4.39 Å². The molecular weight excluding hydrogens is 285 g/mol. The molecule has 1 aromatic carbocycles. The smallest absolute Gasteiger partial charge is 0.169 e. The summed E-state index contributed by atoms with van der Waals surface area (Å²) in [6, 6.07) is 8.09. The fourth-order valence-corrected chi connectivity index (χ4v) is 2.04. The van der Waals surface area contributed by atoms with E-state index in [2.05, 4.69) is 15.9 Å². The van der Waals surface area contributed by atoms with Gasteiger partial charge in [0.25, 0.3) is 0 Å². The number of halogens is 2. The van der Waals surface area contributed by atoms with Gasteiger partial charge in [0.05, 0.1) is 6.04 Å². The summed E-state index contributed by atoms with van der Waals surface area (Å²) in [5, 5.41) is 0. The molecule has 0 amide bonds. The molecule has 1 atom stereocenters. The van der Waals surface area contributed by atoms with Gasteiger partial charge in [0.1, 0.15) is 11.6 Å². The van der Waals surface area contributed by atoms with Gasteiger partial charge in [0.2, 0.25) is 0 Å². The van der Waals surface area contributed by atoms with E-state index in [1.54, 1.807) is 12.1 Å². The molecule has 1 aromatic heterocycles. The molecule has 2 aromatic rings. The van der Waals surface area contributed by atoms with Crippen molar-refractivity contribution in [3.63, 3.8) is 0 Å². The van der Waals surface area contributed by atoms with E-state index in [1.165, 1.54) is 12.1 Å². The molecule has 0 bridgehead atoms. The molecule has 1 unspecified atom stereocenters. The Morgan fingerprint density at radius 3 is 2.76 bits per heavy atom. The number of aryl methyl sites for hydroxylation is 1. The maximum atomic E-state index is 13.1. The van der Waals surface area contributed by atoms with Crippen LogP contribution in [0.3, 0.4) is 0 Å². The van der Waals surface area contributed by atoms with E-state index in [0.717, 1.165) is 11.1 Å². The third kappa shape index (κ3) is 2.96. The molecule has 2 N–H and O–H groups in total. The lowest BCUT2D eigenvalue weighted by Crippen LogP contribution is -2.13. The number of furan rings is 1. The first-order chi connectivity index (χ1) is 8.06. The fraction of sp³-hybridized carbons (Fsp3) is 0.231. The van der Waals surface area contributed by atoms with Crippen LogP contribution in [0.25, 0.3) is 0 Å². The van der Waals surface area contributed by atoms with E-state index in [-0.39, 0.29) is 11.9 Å². The van der Waals surface area contributed by atoms with Crippen molar-refractivity contribution >= 4 is 15.9 Å². The molecule has 0 saturated heterocycles. The number of nitrogens with two attached hydrogens (primary N) is 1. The van der Waals surface area contributed by atoms with Gasteiger partial charge >= 0.3 is 0 Å². The van der Waals surface area contributed by atoms with Gasteiger partial charge in [-0.15, -0.1) is 0 Å². The molecule has 0 aliphatic carbocycles. The SMILES string of the molecule is Cc1ccc(F)cc1CC(N)c1ccc(Br)o1. The van der Waals surface area contributed by atoms with Crippen molar-refractivity contribution in [3.05, 3.63) is 57.7 Å². The first-order valence-electron chi connectivity index (χ1n) is 5.32. The maximum absolute atomic E-state index is 13.1. The van der Waals surface area contributed by atoms with Crippen molar-refractivity contribution in [2.75, 3.05) is 0 Å². The predicted molar refractivity (Wildman–Crippen MR) is 68.2 cm³/mol. The van der Waals surface area contributed by atoms with Gasteiger partial charge in [0.15, 0.2) is 4.67 Å². The first kappa shape index (κ1) is 12.3. The second kappa shape index (κ2) is 5.02. The van der Waals surface area contributed by atoms with Crippen molar-refractivity contribution in [1.82, 2.24) is 0 Å². The molecule has 0 aliphatic rings. The summed E-state index contributed by atoms with van der Waals surface area (Å²) in [4.78, 5) is 0. The Morgan fingerprint density at radius 2 is 2.12 bits per heavy atom. The summed E-state index contributed by atoms with van der Waals surface area (Å²) in [6.45, 7) is 1.94. The molecule has 2 rings (SSSR count). The average Bonchev–Trinajstić information content (AvgIpc) is 2.70. The van der Waals surface area contributed by atoms with Crippen LogP contribution in [0.5, 0.6) is 0 Å². The minimum Gasteiger partial charge on any atom is -0.453 e. The van der Waals surface area contributed by atoms with Crippen LogP contribution < -0.4 is 5.73 Å². The van der Waals surface area contributed by atoms with Crippen molar-refractivity contribution in [3.8, 4) is 0 Å². The first-order valence-corrected chi connectivity index (χ1v) is 6.11. The maximum Gasteiger partial charge on any atom is 0.169 e. The Kier molecular flexibility index (Phi) is 3.64. The lowest BCUT2D eigenvalue weighted by atomic mass is 10.0. The van der Waals surface area contributed by atoms with Crippen LogP contribution in [0, 0.1) is 12.7 Å². The fourth-order valence-electron chi connectivity index (χ4n) is 1.73. The van der Waals surface area contributed by atoms with E-state index in [0.29, 0.717) is 16.9 Å². The number of benzene rings is 1. The van der Waals surface area contributed by atoms with Crippen LogP contribution in [0.15, 0.2) is 39.4 Å².